The third-order valence-corrected chi connectivity index (χ3v) is 5.20. The van der Waals surface area contributed by atoms with Crippen LogP contribution in [0.3, 0.4) is 0 Å². The summed E-state index contributed by atoms with van der Waals surface area (Å²) in [7, 11) is 0. The number of nitrogens with one attached hydrogen (secondary N) is 1. The predicted octanol–water partition coefficient (Wildman–Crippen LogP) is 4.51. The normalized spacial score (nSPS) is 33.5. The Hall–Kier alpha value is -0.0400. The molecule has 3 atom stereocenters. The molecule has 2 aliphatic rings. The number of hydrogen-bond acceptors (Lipinski definition) is 1. The molecule has 0 aromatic rings. The van der Waals surface area contributed by atoms with Crippen molar-refractivity contribution in [3.63, 3.8) is 0 Å². The van der Waals surface area contributed by atoms with Crippen molar-refractivity contribution in [2.75, 3.05) is 0 Å². The van der Waals surface area contributed by atoms with Gasteiger partial charge in [-0.1, -0.05) is 46.0 Å². The summed E-state index contributed by atoms with van der Waals surface area (Å²) in [5.74, 6) is 1.88. The summed E-state index contributed by atoms with van der Waals surface area (Å²) in [6, 6.07) is 1.62. The highest BCUT2D eigenvalue weighted by molar-refractivity contribution is 4.85. The van der Waals surface area contributed by atoms with Crippen LogP contribution in [0.2, 0.25) is 0 Å². The zero-order chi connectivity index (χ0) is 12.1. The van der Waals surface area contributed by atoms with Crippen LogP contribution in [0.15, 0.2) is 0 Å². The molecule has 2 rings (SSSR count). The van der Waals surface area contributed by atoms with Crippen LogP contribution in [-0.2, 0) is 0 Å². The van der Waals surface area contributed by atoms with E-state index in [0.29, 0.717) is 0 Å². The maximum atomic E-state index is 4.03. The summed E-state index contributed by atoms with van der Waals surface area (Å²) in [5, 5.41) is 4.03. The Bertz CT molecular complexity index is 208. The van der Waals surface area contributed by atoms with Gasteiger partial charge in [0, 0.05) is 12.1 Å². The molecule has 0 spiro atoms. The van der Waals surface area contributed by atoms with Crippen molar-refractivity contribution in [3.05, 3.63) is 0 Å². The van der Waals surface area contributed by atoms with Gasteiger partial charge in [0.1, 0.15) is 0 Å². The minimum absolute atomic E-state index is 0.806. The van der Waals surface area contributed by atoms with E-state index in [0.717, 1.165) is 23.9 Å². The van der Waals surface area contributed by atoms with Gasteiger partial charge in [-0.25, -0.2) is 0 Å². The molecule has 17 heavy (non-hydrogen) atoms. The zero-order valence-electron chi connectivity index (χ0n) is 11.9. The molecule has 0 aromatic carbocycles. The van der Waals surface area contributed by atoms with E-state index in [1.54, 1.807) is 0 Å². The van der Waals surface area contributed by atoms with Crippen molar-refractivity contribution in [2.24, 2.45) is 11.8 Å². The van der Waals surface area contributed by atoms with Gasteiger partial charge < -0.3 is 5.32 Å². The monoisotopic (exact) mass is 237 g/mol. The van der Waals surface area contributed by atoms with E-state index in [4.69, 9.17) is 0 Å². The lowest BCUT2D eigenvalue weighted by Gasteiger charge is -2.37. The Morgan fingerprint density at radius 3 is 2.24 bits per heavy atom. The summed E-state index contributed by atoms with van der Waals surface area (Å²) in [6.45, 7) is 4.82. The Morgan fingerprint density at radius 2 is 1.59 bits per heavy atom. The Balaban J connectivity index is 1.84. The second kappa shape index (κ2) is 6.78. The van der Waals surface area contributed by atoms with Gasteiger partial charge in [-0.05, 0) is 43.9 Å². The Labute approximate surface area is 108 Å². The molecule has 0 amide bonds. The predicted molar refractivity (Wildman–Crippen MR) is 75.2 cm³/mol. The Morgan fingerprint density at radius 1 is 0.941 bits per heavy atom. The van der Waals surface area contributed by atoms with Gasteiger partial charge in [-0.15, -0.1) is 0 Å². The molecule has 2 aliphatic carbocycles. The van der Waals surface area contributed by atoms with E-state index in [-0.39, 0.29) is 0 Å². The van der Waals surface area contributed by atoms with Gasteiger partial charge in [0.05, 0.1) is 0 Å². The lowest BCUT2D eigenvalue weighted by atomic mass is 9.80. The van der Waals surface area contributed by atoms with Crippen LogP contribution < -0.4 is 5.32 Å². The molecule has 0 heterocycles. The molecule has 0 aromatic heterocycles. The van der Waals surface area contributed by atoms with E-state index in [9.17, 15) is 0 Å². The largest absolute Gasteiger partial charge is 0.311 e. The summed E-state index contributed by atoms with van der Waals surface area (Å²) in [5.41, 5.74) is 0. The number of rotatable bonds is 4. The third kappa shape index (κ3) is 3.71. The average Bonchev–Trinajstić information content (AvgIpc) is 2.39. The molecule has 0 aliphatic heterocycles. The van der Waals surface area contributed by atoms with Gasteiger partial charge in [-0.3, -0.25) is 0 Å². The highest BCUT2D eigenvalue weighted by Crippen LogP contribution is 2.30. The van der Waals surface area contributed by atoms with Crippen molar-refractivity contribution < 1.29 is 0 Å². The first-order valence-corrected chi connectivity index (χ1v) is 8.07. The van der Waals surface area contributed by atoms with Crippen LogP contribution in [0.1, 0.15) is 78.1 Å². The van der Waals surface area contributed by atoms with Crippen LogP contribution in [0.5, 0.6) is 0 Å². The highest BCUT2D eigenvalue weighted by Gasteiger charge is 2.27. The van der Waals surface area contributed by atoms with Crippen molar-refractivity contribution in [2.45, 2.75) is 90.1 Å². The second-order valence-electron chi connectivity index (χ2n) is 6.45. The van der Waals surface area contributed by atoms with E-state index < -0.39 is 0 Å². The summed E-state index contributed by atoms with van der Waals surface area (Å²) in [6.07, 6.45) is 14.5. The van der Waals surface area contributed by atoms with E-state index in [2.05, 4.69) is 19.2 Å². The fourth-order valence-electron chi connectivity index (χ4n) is 3.96. The van der Waals surface area contributed by atoms with Crippen molar-refractivity contribution in [1.29, 1.82) is 0 Å². The van der Waals surface area contributed by atoms with Gasteiger partial charge in [0.25, 0.3) is 0 Å². The van der Waals surface area contributed by atoms with Crippen LogP contribution in [0, 0.1) is 11.8 Å². The molecule has 1 N–H and O–H groups in total. The molecular weight excluding hydrogens is 206 g/mol. The van der Waals surface area contributed by atoms with Crippen molar-refractivity contribution >= 4 is 0 Å². The maximum absolute atomic E-state index is 4.03. The first-order valence-electron chi connectivity index (χ1n) is 8.07. The smallest absolute Gasteiger partial charge is 0.00954 e. The van der Waals surface area contributed by atoms with Gasteiger partial charge in [-0.2, -0.15) is 0 Å². The minimum atomic E-state index is 0.806. The lowest BCUT2D eigenvalue weighted by molar-refractivity contribution is 0.197. The molecule has 0 radical (unpaired) electrons. The van der Waals surface area contributed by atoms with Crippen LogP contribution in [0.4, 0.5) is 0 Å². The fraction of sp³-hybridized carbons (Fsp3) is 1.00. The molecule has 3 unspecified atom stereocenters. The SMILES string of the molecule is CCC(NC1CCCCC1C)C1CCCCC1. The lowest BCUT2D eigenvalue weighted by Crippen LogP contribution is -2.47. The molecule has 1 heteroatoms. The van der Waals surface area contributed by atoms with E-state index in [1.165, 1.54) is 64.2 Å². The second-order valence-corrected chi connectivity index (χ2v) is 6.45. The van der Waals surface area contributed by atoms with Gasteiger partial charge >= 0.3 is 0 Å². The molecule has 100 valence electrons. The summed E-state index contributed by atoms with van der Waals surface area (Å²) in [4.78, 5) is 0. The summed E-state index contributed by atoms with van der Waals surface area (Å²) >= 11 is 0. The van der Waals surface area contributed by atoms with Gasteiger partial charge in [0.15, 0.2) is 0 Å². The first-order chi connectivity index (χ1) is 8.31. The van der Waals surface area contributed by atoms with Crippen LogP contribution in [0.25, 0.3) is 0 Å². The fourth-order valence-corrected chi connectivity index (χ4v) is 3.96. The molecule has 1 nitrogen and oxygen atoms in total. The average molecular weight is 237 g/mol. The Kier molecular flexibility index (Phi) is 5.34. The van der Waals surface area contributed by atoms with Crippen LogP contribution >= 0.6 is 0 Å². The standard InChI is InChI=1S/C16H31N/c1-3-15(14-10-5-4-6-11-14)17-16-12-8-7-9-13(16)2/h13-17H,3-12H2,1-2H3. The summed E-state index contributed by atoms with van der Waals surface area (Å²) < 4.78 is 0. The molecular formula is C16H31N. The minimum Gasteiger partial charge on any atom is -0.311 e. The van der Waals surface area contributed by atoms with Gasteiger partial charge in [0.2, 0.25) is 0 Å². The molecule has 2 fully saturated rings. The van der Waals surface area contributed by atoms with Crippen molar-refractivity contribution in [1.82, 2.24) is 5.32 Å². The maximum Gasteiger partial charge on any atom is 0.00954 e. The molecule has 2 saturated carbocycles. The quantitative estimate of drug-likeness (QED) is 0.758. The molecule has 0 saturated heterocycles. The highest BCUT2D eigenvalue weighted by atomic mass is 15.0. The van der Waals surface area contributed by atoms with Crippen molar-refractivity contribution in [3.8, 4) is 0 Å². The molecule has 0 bridgehead atoms. The third-order valence-electron chi connectivity index (χ3n) is 5.20. The topological polar surface area (TPSA) is 12.0 Å². The van der Waals surface area contributed by atoms with E-state index in [1.807, 2.05) is 0 Å². The van der Waals surface area contributed by atoms with E-state index >= 15 is 0 Å². The first kappa shape index (κ1) is 13.4. The number of hydrogen-bond donors (Lipinski definition) is 1. The zero-order valence-corrected chi connectivity index (χ0v) is 11.9. The van der Waals surface area contributed by atoms with Crippen LogP contribution in [-0.4, -0.2) is 12.1 Å².